The van der Waals surface area contributed by atoms with E-state index in [0.29, 0.717) is 6.04 Å². The minimum absolute atomic E-state index is 0.570. The van der Waals surface area contributed by atoms with E-state index >= 15 is 0 Å². The molecule has 0 spiro atoms. The van der Waals surface area contributed by atoms with Gasteiger partial charge in [-0.2, -0.15) is 0 Å². The lowest BCUT2D eigenvalue weighted by Gasteiger charge is -2.31. The van der Waals surface area contributed by atoms with Gasteiger partial charge in [-0.25, -0.2) is 0 Å². The van der Waals surface area contributed by atoms with Gasteiger partial charge in [0.25, 0.3) is 0 Å². The van der Waals surface area contributed by atoms with Crippen molar-refractivity contribution in [3.8, 4) is 0 Å². The minimum atomic E-state index is 0.570. The first-order valence-electron chi connectivity index (χ1n) is 8.06. The molecule has 2 unspecified atom stereocenters. The van der Waals surface area contributed by atoms with Gasteiger partial charge in [0.2, 0.25) is 0 Å². The van der Waals surface area contributed by atoms with E-state index in [1.807, 2.05) is 0 Å². The third kappa shape index (κ3) is 3.36. The average Bonchev–Trinajstić information content (AvgIpc) is 2.54. The summed E-state index contributed by atoms with van der Waals surface area (Å²) in [5.41, 5.74) is 5.89. The van der Waals surface area contributed by atoms with Crippen molar-refractivity contribution in [2.45, 2.75) is 38.6 Å². The van der Waals surface area contributed by atoms with Gasteiger partial charge in [0.15, 0.2) is 0 Å². The molecule has 1 nitrogen and oxygen atoms in total. The molecule has 0 fully saturated rings. The van der Waals surface area contributed by atoms with Crippen LogP contribution in [0.2, 0.25) is 0 Å². The lowest BCUT2D eigenvalue weighted by atomic mass is 9.78. The van der Waals surface area contributed by atoms with Gasteiger partial charge < -0.3 is 5.32 Å². The Morgan fingerprint density at radius 2 is 1.76 bits per heavy atom. The van der Waals surface area contributed by atoms with Crippen molar-refractivity contribution in [2.75, 3.05) is 7.05 Å². The predicted molar refractivity (Wildman–Crippen MR) is 89.7 cm³/mol. The number of rotatable bonds is 4. The lowest BCUT2D eigenvalue weighted by Crippen LogP contribution is -2.38. The molecule has 1 heteroatoms. The molecule has 0 radical (unpaired) electrons. The van der Waals surface area contributed by atoms with Gasteiger partial charge in [0.1, 0.15) is 0 Å². The molecule has 110 valence electrons. The lowest BCUT2D eigenvalue weighted by molar-refractivity contribution is 0.333. The van der Waals surface area contributed by atoms with Crippen LogP contribution in [0.25, 0.3) is 0 Å². The van der Waals surface area contributed by atoms with Gasteiger partial charge in [-0.3, -0.25) is 0 Å². The quantitative estimate of drug-likeness (QED) is 0.894. The summed E-state index contributed by atoms with van der Waals surface area (Å²) in [7, 11) is 2.11. The molecule has 0 saturated heterocycles. The van der Waals surface area contributed by atoms with E-state index in [9.17, 15) is 0 Å². The molecule has 1 aliphatic rings. The van der Waals surface area contributed by atoms with Gasteiger partial charge in [0, 0.05) is 6.04 Å². The zero-order chi connectivity index (χ0) is 14.7. The number of hydrogen-bond acceptors (Lipinski definition) is 1. The monoisotopic (exact) mass is 279 g/mol. The van der Waals surface area contributed by atoms with Gasteiger partial charge >= 0.3 is 0 Å². The van der Waals surface area contributed by atoms with Crippen LogP contribution in [-0.2, 0) is 19.3 Å². The Kier molecular flexibility index (Phi) is 4.40. The van der Waals surface area contributed by atoms with Crippen LogP contribution in [0.1, 0.15) is 28.7 Å². The van der Waals surface area contributed by atoms with Gasteiger partial charge in [-0.05, 0) is 62.3 Å². The summed E-state index contributed by atoms with van der Waals surface area (Å²) in [6.07, 6.45) is 4.87. The van der Waals surface area contributed by atoms with Gasteiger partial charge in [-0.15, -0.1) is 0 Å². The standard InChI is InChI=1S/C20H25N/c1-15-7-9-16(10-8-15)13-20(21-2)19-12-11-17-5-3-4-6-18(17)14-19/h3-10,19-21H,11-14H2,1-2H3. The Labute approximate surface area is 128 Å². The number of nitrogens with one attached hydrogen (secondary N) is 1. The van der Waals surface area contributed by atoms with Crippen molar-refractivity contribution < 1.29 is 0 Å². The van der Waals surface area contributed by atoms with Crippen LogP contribution < -0.4 is 5.32 Å². The molecule has 0 heterocycles. The highest BCUT2D eigenvalue weighted by Crippen LogP contribution is 2.28. The number of benzene rings is 2. The first-order valence-corrected chi connectivity index (χ1v) is 8.06. The first kappa shape index (κ1) is 14.3. The number of hydrogen-bond donors (Lipinski definition) is 1. The average molecular weight is 279 g/mol. The Morgan fingerprint density at radius 3 is 2.48 bits per heavy atom. The third-order valence-electron chi connectivity index (χ3n) is 4.90. The van der Waals surface area contributed by atoms with Crippen molar-refractivity contribution in [3.63, 3.8) is 0 Å². The van der Waals surface area contributed by atoms with Crippen LogP contribution in [0.4, 0.5) is 0 Å². The molecule has 1 aliphatic carbocycles. The maximum atomic E-state index is 3.57. The largest absolute Gasteiger partial charge is 0.316 e. The van der Waals surface area contributed by atoms with E-state index in [-0.39, 0.29) is 0 Å². The SMILES string of the molecule is CNC(Cc1ccc(C)cc1)C1CCc2ccccc2C1. The fourth-order valence-electron chi connectivity index (χ4n) is 3.55. The zero-order valence-corrected chi connectivity index (χ0v) is 13.1. The molecule has 1 N–H and O–H groups in total. The second-order valence-electron chi connectivity index (χ2n) is 6.36. The van der Waals surface area contributed by atoms with E-state index in [1.165, 1.54) is 30.4 Å². The summed E-state index contributed by atoms with van der Waals surface area (Å²) in [4.78, 5) is 0. The summed E-state index contributed by atoms with van der Waals surface area (Å²) in [6, 6.07) is 18.5. The first-order chi connectivity index (χ1) is 10.3. The highest BCUT2D eigenvalue weighted by molar-refractivity contribution is 5.30. The summed E-state index contributed by atoms with van der Waals surface area (Å²) in [6.45, 7) is 2.15. The molecule has 21 heavy (non-hydrogen) atoms. The molecule has 2 atom stereocenters. The topological polar surface area (TPSA) is 12.0 Å². The van der Waals surface area contributed by atoms with Crippen molar-refractivity contribution in [2.24, 2.45) is 5.92 Å². The highest BCUT2D eigenvalue weighted by atomic mass is 14.9. The van der Waals surface area contributed by atoms with Crippen molar-refractivity contribution in [1.29, 1.82) is 0 Å². The van der Waals surface area contributed by atoms with Crippen molar-refractivity contribution in [1.82, 2.24) is 5.32 Å². The van der Waals surface area contributed by atoms with Crippen LogP contribution in [0.5, 0.6) is 0 Å². The van der Waals surface area contributed by atoms with Gasteiger partial charge in [0.05, 0.1) is 0 Å². The van der Waals surface area contributed by atoms with Crippen molar-refractivity contribution in [3.05, 3.63) is 70.8 Å². The molecule has 0 aliphatic heterocycles. The van der Waals surface area contributed by atoms with Crippen LogP contribution >= 0.6 is 0 Å². The fraction of sp³-hybridized carbons (Fsp3) is 0.400. The normalized spacial score (nSPS) is 19.0. The maximum Gasteiger partial charge on any atom is 0.0136 e. The Bertz CT molecular complexity index is 585. The fourth-order valence-corrected chi connectivity index (χ4v) is 3.55. The van der Waals surface area contributed by atoms with Crippen molar-refractivity contribution >= 4 is 0 Å². The summed E-state index contributed by atoms with van der Waals surface area (Å²) in [5, 5.41) is 3.57. The summed E-state index contributed by atoms with van der Waals surface area (Å²) in [5.74, 6) is 0.742. The van der Waals surface area contributed by atoms with Crippen LogP contribution in [0, 0.1) is 12.8 Å². The van der Waals surface area contributed by atoms with Crippen LogP contribution in [0.3, 0.4) is 0 Å². The molecular weight excluding hydrogens is 254 g/mol. The van der Waals surface area contributed by atoms with E-state index < -0.39 is 0 Å². The second-order valence-corrected chi connectivity index (χ2v) is 6.36. The molecule has 2 aromatic carbocycles. The molecule has 2 aromatic rings. The van der Waals surface area contributed by atoms with Crippen LogP contribution in [0.15, 0.2) is 48.5 Å². The Balaban J connectivity index is 1.71. The molecular formula is C20H25N. The number of aryl methyl sites for hydroxylation is 2. The third-order valence-corrected chi connectivity index (χ3v) is 4.90. The molecule has 0 bridgehead atoms. The number of fused-ring (bicyclic) bond motifs is 1. The second kappa shape index (κ2) is 6.44. The zero-order valence-electron chi connectivity index (χ0n) is 13.1. The highest BCUT2D eigenvalue weighted by Gasteiger charge is 2.25. The Hall–Kier alpha value is -1.60. The minimum Gasteiger partial charge on any atom is -0.316 e. The molecule has 0 amide bonds. The van der Waals surface area contributed by atoms with E-state index in [0.717, 1.165) is 12.3 Å². The Morgan fingerprint density at radius 1 is 1.05 bits per heavy atom. The van der Waals surface area contributed by atoms with E-state index in [1.54, 1.807) is 11.1 Å². The maximum absolute atomic E-state index is 3.57. The van der Waals surface area contributed by atoms with Crippen LogP contribution in [-0.4, -0.2) is 13.1 Å². The number of likely N-dealkylation sites (N-methyl/N-ethyl adjacent to an activating group) is 1. The molecule has 3 rings (SSSR count). The summed E-state index contributed by atoms with van der Waals surface area (Å²) >= 11 is 0. The summed E-state index contributed by atoms with van der Waals surface area (Å²) < 4.78 is 0. The predicted octanol–water partition coefficient (Wildman–Crippen LogP) is 3.93. The van der Waals surface area contributed by atoms with E-state index in [2.05, 4.69) is 67.8 Å². The van der Waals surface area contributed by atoms with Gasteiger partial charge in [-0.1, -0.05) is 54.1 Å². The van der Waals surface area contributed by atoms with E-state index in [4.69, 9.17) is 0 Å². The molecule has 0 aromatic heterocycles. The molecule has 0 saturated carbocycles. The smallest absolute Gasteiger partial charge is 0.0136 e.